The molecule has 2 unspecified atom stereocenters. The van der Waals surface area contributed by atoms with E-state index >= 15 is 0 Å². The highest BCUT2D eigenvalue weighted by Crippen LogP contribution is 2.38. The van der Waals surface area contributed by atoms with E-state index in [1.165, 1.54) is 7.11 Å². The average molecular weight is 276 g/mol. The highest BCUT2D eigenvalue weighted by Gasteiger charge is 2.43. The van der Waals surface area contributed by atoms with Crippen LogP contribution in [-0.2, 0) is 0 Å². The zero-order valence-electron chi connectivity index (χ0n) is 11.6. The lowest BCUT2D eigenvalue weighted by Gasteiger charge is -2.37. The Labute approximate surface area is 118 Å². The van der Waals surface area contributed by atoms with Gasteiger partial charge in [-0.2, -0.15) is 0 Å². The number of hydrogen-bond acceptors (Lipinski definition) is 4. The number of hydrogen-bond donors (Lipinski definition) is 2. The number of amides is 1. The van der Waals surface area contributed by atoms with E-state index < -0.39 is 0 Å². The summed E-state index contributed by atoms with van der Waals surface area (Å²) in [7, 11) is 1.52. The summed E-state index contributed by atoms with van der Waals surface area (Å²) < 4.78 is 5.28. The fraction of sp³-hybridized carbons (Fsp3) is 0.533. The standard InChI is InChI=1S/C15H20N2O3/c1-20-14-12(3-2-4-13(14)16)15(19)17-9-5-6-10(17)8-11(18)7-9/h2-4,9-11,18H,5-8,16H2,1H3. The zero-order valence-corrected chi connectivity index (χ0v) is 11.6. The first kappa shape index (κ1) is 13.2. The van der Waals surface area contributed by atoms with Crippen molar-refractivity contribution < 1.29 is 14.6 Å². The molecular weight excluding hydrogens is 256 g/mol. The smallest absolute Gasteiger partial charge is 0.258 e. The molecule has 5 nitrogen and oxygen atoms in total. The van der Waals surface area contributed by atoms with Crippen LogP contribution in [0, 0.1) is 0 Å². The second kappa shape index (κ2) is 4.98. The summed E-state index contributed by atoms with van der Waals surface area (Å²) in [4.78, 5) is 14.7. The fourth-order valence-electron chi connectivity index (χ4n) is 3.57. The Morgan fingerprint density at radius 3 is 2.60 bits per heavy atom. The Hall–Kier alpha value is -1.75. The van der Waals surface area contributed by atoms with Crippen molar-refractivity contribution in [3.05, 3.63) is 23.8 Å². The lowest BCUT2D eigenvalue weighted by molar-refractivity contribution is 0.0285. The normalized spacial score (nSPS) is 28.5. The average Bonchev–Trinajstić information content (AvgIpc) is 2.70. The highest BCUT2D eigenvalue weighted by molar-refractivity contribution is 5.99. The summed E-state index contributed by atoms with van der Waals surface area (Å²) in [6.45, 7) is 0. The first-order chi connectivity index (χ1) is 9.61. The molecule has 3 N–H and O–H groups in total. The van der Waals surface area contributed by atoms with Gasteiger partial charge in [0.1, 0.15) is 0 Å². The molecule has 2 fully saturated rings. The number of methoxy groups -OCH3 is 1. The second-order valence-electron chi connectivity index (χ2n) is 5.65. The van der Waals surface area contributed by atoms with E-state index in [4.69, 9.17) is 10.5 Å². The van der Waals surface area contributed by atoms with Crippen molar-refractivity contribution in [2.24, 2.45) is 0 Å². The molecular formula is C15H20N2O3. The van der Waals surface area contributed by atoms with Crippen LogP contribution in [-0.4, -0.2) is 41.2 Å². The van der Waals surface area contributed by atoms with Crippen molar-refractivity contribution in [1.82, 2.24) is 4.90 Å². The third-order valence-corrected chi connectivity index (χ3v) is 4.42. The van der Waals surface area contributed by atoms with Gasteiger partial charge in [0, 0.05) is 12.1 Å². The molecule has 2 aliphatic heterocycles. The molecule has 0 spiro atoms. The van der Waals surface area contributed by atoms with Crippen LogP contribution < -0.4 is 10.5 Å². The summed E-state index contributed by atoms with van der Waals surface area (Å²) in [5.74, 6) is 0.413. The van der Waals surface area contributed by atoms with Crippen LogP contribution in [0.1, 0.15) is 36.0 Å². The molecule has 0 radical (unpaired) electrons. The van der Waals surface area contributed by atoms with E-state index in [9.17, 15) is 9.90 Å². The molecule has 5 heteroatoms. The summed E-state index contributed by atoms with van der Waals surface area (Å²) in [5.41, 5.74) is 6.86. The Kier molecular flexibility index (Phi) is 3.30. The van der Waals surface area contributed by atoms with Gasteiger partial charge >= 0.3 is 0 Å². The number of para-hydroxylation sites is 1. The van der Waals surface area contributed by atoms with Crippen LogP contribution in [0.2, 0.25) is 0 Å². The second-order valence-corrected chi connectivity index (χ2v) is 5.65. The van der Waals surface area contributed by atoms with Crippen molar-refractivity contribution in [2.75, 3.05) is 12.8 Å². The fourth-order valence-corrected chi connectivity index (χ4v) is 3.57. The molecule has 108 valence electrons. The van der Waals surface area contributed by atoms with E-state index in [0.717, 1.165) is 12.8 Å². The Morgan fingerprint density at radius 1 is 1.35 bits per heavy atom. The number of rotatable bonds is 2. The largest absolute Gasteiger partial charge is 0.494 e. The number of nitrogens with zero attached hydrogens (tertiary/aromatic N) is 1. The van der Waals surface area contributed by atoms with Gasteiger partial charge in [0.2, 0.25) is 0 Å². The number of piperidine rings is 1. The summed E-state index contributed by atoms with van der Waals surface area (Å²) in [6, 6.07) is 5.53. The monoisotopic (exact) mass is 276 g/mol. The van der Waals surface area contributed by atoms with Gasteiger partial charge in [0.15, 0.2) is 5.75 Å². The molecule has 0 aliphatic carbocycles. The maximum atomic E-state index is 12.8. The minimum absolute atomic E-state index is 0.0337. The number of fused-ring (bicyclic) bond motifs is 2. The molecule has 0 saturated carbocycles. The van der Waals surface area contributed by atoms with E-state index in [0.29, 0.717) is 29.8 Å². The number of ether oxygens (including phenoxy) is 1. The first-order valence-electron chi connectivity index (χ1n) is 7.05. The van der Waals surface area contributed by atoms with Crippen LogP contribution in [0.15, 0.2) is 18.2 Å². The number of aliphatic hydroxyl groups is 1. The maximum Gasteiger partial charge on any atom is 0.258 e. The number of nitrogens with two attached hydrogens (primary N) is 1. The molecule has 0 aromatic heterocycles. The van der Waals surface area contributed by atoms with Gasteiger partial charge in [-0.25, -0.2) is 0 Å². The first-order valence-corrected chi connectivity index (χ1v) is 7.05. The minimum atomic E-state index is -0.278. The SMILES string of the molecule is COc1c(N)cccc1C(=O)N1C2CCC1CC(O)C2. The molecule has 2 bridgehead atoms. The summed E-state index contributed by atoms with van der Waals surface area (Å²) in [5, 5.41) is 9.82. The van der Waals surface area contributed by atoms with Crippen LogP contribution >= 0.6 is 0 Å². The van der Waals surface area contributed by atoms with Crippen molar-refractivity contribution in [1.29, 1.82) is 0 Å². The van der Waals surface area contributed by atoms with Crippen LogP contribution in [0.4, 0.5) is 5.69 Å². The van der Waals surface area contributed by atoms with Crippen LogP contribution in [0.3, 0.4) is 0 Å². The maximum absolute atomic E-state index is 12.8. The summed E-state index contributed by atoms with van der Waals surface area (Å²) in [6.07, 6.45) is 3.01. The predicted molar refractivity (Wildman–Crippen MR) is 75.6 cm³/mol. The van der Waals surface area contributed by atoms with Crippen molar-refractivity contribution in [3.63, 3.8) is 0 Å². The zero-order chi connectivity index (χ0) is 14.3. The number of carbonyl (C=O) groups is 1. The van der Waals surface area contributed by atoms with E-state index in [2.05, 4.69) is 0 Å². The molecule has 2 saturated heterocycles. The molecule has 2 aliphatic rings. The topological polar surface area (TPSA) is 75.8 Å². The van der Waals surface area contributed by atoms with Gasteiger partial charge in [0.05, 0.1) is 24.5 Å². The third-order valence-electron chi connectivity index (χ3n) is 4.42. The molecule has 2 atom stereocenters. The lowest BCUT2D eigenvalue weighted by Crippen LogP contribution is -2.48. The third kappa shape index (κ3) is 2.02. The predicted octanol–water partition coefficient (Wildman–Crippen LogP) is 1.41. The van der Waals surface area contributed by atoms with Crippen LogP contribution in [0.25, 0.3) is 0 Å². The number of benzene rings is 1. The number of anilines is 1. The lowest BCUT2D eigenvalue weighted by atomic mass is 9.98. The highest BCUT2D eigenvalue weighted by atomic mass is 16.5. The van der Waals surface area contributed by atoms with E-state index in [-0.39, 0.29) is 24.1 Å². The van der Waals surface area contributed by atoms with Crippen LogP contribution in [0.5, 0.6) is 5.75 Å². The molecule has 1 aromatic carbocycles. The Morgan fingerprint density at radius 2 is 2.00 bits per heavy atom. The van der Waals surface area contributed by atoms with E-state index in [1.807, 2.05) is 4.90 Å². The number of nitrogen functional groups attached to an aromatic ring is 1. The molecule has 3 rings (SSSR count). The van der Waals surface area contributed by atoms with Gasteiger partial charge in [-0.15, -0.1) is 0 Å². The van der Waals surface area contributed by atoms with Crippen molar-refractivity contribution >= 4 is 11.6 Å². The van der Waals surface area contributed by atoms with Gasteiger partial charge in [-0.3, -0.25) is 4.79 Å². The van der Waals surface area contributed by atoms with Gasteiger partial charge in [0.25, 0.3) is 5.91 Å². The minimum Gasteiger partial charge on any atom is -0.494 e. The summed E-state index contributed by atoms with van der Waals surface area (Å²) >= 11 is 0. The van der Waals surface area contributed by atoms with Crippen molar-refractivity contribution in [2.45, 2.75) is 43.9 Å². The molecule has 1 amide bonds. The van der Waals surface area contributed by atoms with Crippen molar-refractivity contribution in [3.8, 4) is 5.75 Å². The molecule has 20 heavy (non-hydrogen) atoms. The molecule has 2 heterocycles. The Bertz CT molecular complexity index is 518. The molecule has 1 aromatic rings. The Balaban J connectivity index is 1.92. The van der Waals surface area contributed by atoms with Gasteiger partial charge < -0.3 is 20.5 Å². The quantitative estimate of drug-likeness (QED) is 0.801. The number of aliphatic hydroxyl groups excluding tert-OH is 1. The van der Waals surface area contributed by atoms with Gasteiger partial charge in [-0.1, -0.05) is 6.07 Å². The van der Waals surface area contributed by atoms with Gasteiger partial charge in [-0.05, 0) is 37.8 Å². The van der Waals surface area contributed by atoms with E-state index in [1.54, 1.807) is 18.2 Å². The number of carbonyl (C=O) groups excluding carboxylic acids is 1.